The molecule has 0 aliphatic rings. The zero-order chi connectivity index (χ0) is 21.9. The summed E-state index contributed by atoms with van der Waals surface area (Å²) in [5, 5.41) is 6.58. The first kappa shape index (κ1) is 21.5. The molecule has 0 spiro atoms. The van der Waals surface area contributed by atoms with Gasteiger partial charge in [-0.2, -0.15) is 4.98 Å². The lowest BCUT2D eigenvalue weighted by Crippen LogP contribution is -2.47. The second-order valence-corrected chi connectivity index (χ2v) is 9.04. The fraction of sp³-hybridized carbons (Fsp3) is 0.286. The van der Waals surface area contributed by atoms with Gasteiger partial charge in [0.2, 0.25) is 27.6 Å². The molecule has 30 heavy (non-hydrogen) atoms. The molecule has 8 nitrogen and oxygen atoms in total. The van der Waals surface area contributed by atoms with Crippen LogP contribution in [0.2, 0.25) is 0 Å². The molecule has 2 aromatic carbocycles. The highest BCUT2D eigenvalue weighted by Gasteiger charge is 2.29. The first-order valence-corrected chi connectivity index (χ1v) is 11.2. The third-order valence-electron chi connectivity index (χ3n) is 4.46. The number of nitrogens with zero attached hydrogens (tertiary/aromatic N) is 3. The number of amides is 1. The van der Waals surface area contributed by atoms with Gasteiger partial charge in [-0.15, -0.1) is 0 Å². The van der Waals surface area contributed by atoms with Crippen LogP contribution in [0.3, 0.4) is 0 Å². The second kappa shape index (κ2) is 8.66. The van der Waals surface area contributed by atoms with Gasteiger partial charge in [0.25, 0.3) is 0 Å². The van der Waals surface area contributed by atoms with Gasteiger partial charge >= 0.3 is 0 Å². The lowest BCUT2D eigenvalue weighted by atomic mass is 10.1. The molecule has 0 bridgehead atoms. The molecule has 1 atom stereocenters. The molecule has 1 N–H and O–H groups in total. The van der Waals surface area contributed by atoms with Crippen molar-refractivity contribution in [3.8, 4) is 11.4 Å². The number of nitrogens with one attached hydrogen (secondary N) is 1. The van der Waals surface area contributed by atoms with Gasteiger partial charge in [0, 0.05) is 5.56 Å². The zero-order valence-electron chi connectivity index (χ0n) is 17.3. The van der Waals surface area contributed by atoms with Crippen LogP contribution in [0.1, 0.15) is 23.9 Å². The van der Waals surface area contributed by atoms with E-state index in [4.69, 9.17) is 4.52 Å². The molecule has 9 heteroatoms. The minimum absolute atomic E-state index is 0.00649. The molecule has 0 radical (unpaired) electrons. The lowest BCUT2D eigenvalue weighted by Gasteiger charge is -2.28. The third-order valence-corrected chi connectivity index (χ3v) is 5.70. The molecule has 3 rings (SSSR count). The number of aryl methyl sites for hydroxylation is 2. The van der Waals surface area contributed by atoms with Gasteiger partial charge in [-0.3, -0.25) is 9.10 Å². The van der Waals surface area contributed by atoms with Gasteiger partial charge in [-0.25, -0.2) is 8.42 Å². The van der Waals surface area contributed by atoms with Crippen molar-refractivity contribution in [3.63, 3.8) is 0 Å². The van der Waals surface area contributed by atoms with Crippen LogP contribution >= 0.6 is 0 Å². The summed E-state index contributed by atoms with van der Waals surface area (Å²) < 4.78 is 31.2. The number of carbonyl (C=O) groups is 1. The molecule has 158 valence electrons. The average molecular weight is 429 g/mol. The molecule has 1 amide bonds. The number of rotatable bonds is 7. The first-order chi connectivity index (χ1) is 14.1. The van der Waals surface area contributed by atoms with Crippen LogP contribution in [-0.2, 0) is 21.4 Å². The predicted molar refractivity (Wildman–Crippen MR) is 114 cm³/mol. The summed E-state index contributed by atoms with van der Waals surface area (Å²) >= 11 is 0. The third kappa shape index (κ3) is 5.04. The SMILES string of the molecule is Cc1cc(C)cc(N(C(C)C(=O)NCc2nc(-c3ccccc3)no2)S(C)(=O)=O)c1. The lowest BCUT2D eigenvalue weighted by molar-refractivity contribution is -0.122. The van der Waals surface area contributed by atoms with E-state index in [-0.39, 0.29) is 12.4 Å². The Morgan fingerprint density at radius 2 is 1.77 bits per heavy atom. The van der Waals surface area contributed by atoms with Crippen LogP contribution in [0.25, 0.3) is 11.4 Å². The Balaban J connectivity index is 1.74. The Hall–Kier alpha value is -3.20. The fourth-order valence-corrected chi connectivity index (χ4v) is 4.39. The molecule has 0 fully saturated rings. The Labute approximate surface area is 176 Å². The summed E-state index contributed by atoms with van der Waals surface area (Å²) in [6.45, 7) is 5.29. The van der Waals surface area contributed by atoms with E-state index in [1.54, 1.807) is 12.1 Å². The van der Waals surface area contributed by atoms with E-state index in [0.29, 0.717) is 11.5 Å². The maximum atomic E-state index is 12.7. The highest BCUT2D eigenvalue weighted by Crippen LogP contribution is 2.24. The van der Waals surface area contributed by atoms with Crippen LogP contribution in [0.4, 0.5) is 5.69 Å². The van der Waals surface area contributed by atoms with Crippen molar-refractivity contribution in [2.45, 2.75) is 33.4 Å². The highest BCUT2D eigenvalue weighted by atomic mass is 32.2. The number of aromatic nitrogens is 2. The van der Waals surface area contributed by atoms with E-state index < -0.39 is 22.0 Å². The Kier molecular flexibility index (Phi) is 6.21. The summed E-state index contributed by atoms with van der Waals surface area (Å²) in [7, 11) is -3.69. The molecule has 1 unspecified atom stereocenters. The number of hydrogen-bond donors (Lipinski definition) is 1. The van der Waals surface area contributed by atoms with Gasteiger partial charge in [0.15, 0.2) is 0 Å². The van der Waals surface area contributed by atoms with Crippen molar-refractivity contribution in [3.05, 3.63) is 65.5 Å². The van der Waals surface area contributed by atoms with Crippen LogP contribution < -0.4 is 9.62 Å². The van der Waals surface area contributed by atoms with E-state index in [1.165, 1.54) is 6.92 Å². The molecule has 0 saturated heterocycles. The summed E-state index contributed by atoms with van der Waals surface area (Å²) in [6.07, 6.45) is 1.08. The smallest absolute Gasteiger partial charge is 0.246 e. The van der Waals surface area contributed by atoms with E-state index in [0.717, 1.165) is 27.3 Å². The molecular formula is C21H24N4O4S. The Bertz CT molecular complexity index is 1120. The van der Waals surface area contributed by atoms with Crippen LogP contribution in [0.5, 0.6) is 0 Å². The number of anilines is 1. The first-order valence-electron chi connectivity index (χ1n) is 9.38. The van der Waals surface area contributed by atoms with Crippen molar-refractivity contribution >= 4 is 21.6 Å². The maximum absolute atomic E-state index is 12.7. The van der Waals surface area contributed by atoms with E-state index in [1.807, 2.05) is 50.2 Å². The minimum Gasteiger partial charge on any atom is -0.345 e. The Morgan fingerprint density at radius 1 is 1.13 bits per heavy atom. The molecule has 0 aliphatic carbocycles. The zero-order valence-corrected chi connectivity index (χ0v) is 18.1. The van der Waals surface area contributed by atoms with Gasteiger partial charge in [0.05, 0.1) is 18.5 Å². The van der Waals surface area contributed by atoms with Gasteiger partial charge in [-0.1, -0.05) is 41.6 Å². The minimum atomic E-state index is -3.69. The fourth-order valence-electron chi connectivity index (χ4n) is 3.23. The second-order valence-electron chi connectivity index (χ2n) is 7.18. The molecule has 1 heterocycles. The topological polar surface area (TPSA) is 105 Å². The van der Waals surface area contributed by atoms with Crippen molar-refractivity contribution in [1.82, 2.24) is 15.5 Å². The van der Waals surface area contributed by atoms with Crippen LogP contribution in [0, 0.1) is 13.8 Å². The quantitative estimate of drug-likeness (QED) is 0.620. The largest absolute Gasteiger partial charge is 0.345 e. The van der Waals surface area contributed by atoms with E-state index >= 15 is 0 Å². The van der Waals surface area contributed by atoms with Crippen molar-refractivity contribution in [1.29, 1.82) is 0 Å². The van der Waals surface area contributed by atoms with Gasteiger partial charge < -0.3 is 9.84 Å². The average Bonchev–Trinajstić information content (AvgIpc) is 3.14. The number of hydrogen-bond acceptors (Lipinski definition) is 6. The van der Waals surface area contributed by atoms with Crippen molar-refractivity contribution < 1.29 is 17.7 Å². The van der Waals surface area contributed by atoms with Gasteiger partial charge in [-0.05, 0) is 44.0 Å². The maximum Gasteiger partial charge on any atom is 0.246 e. The predicted octanol–water partition coefficient (Wildman–Crippen LogP) is 2.82. The van der Waals surface area contributed by atoms with Gasteiger partial charge in [0.1, 0.15) is 6.04 Å². The summed E-state index contributed by atoms with van der Waals surface area (Å²) in [5.41, 5.74) is 3.06. The summed E-state index contributed by atoms with van der Waals surface area (Å²) in [5.74, 6) is 0.173. The molecule has 3 aromatic rings. The van der Waals surface area contributed by atoms with Crippen molar-refractivity contribution in [2.24, 2.45) is 0 Å². The van der Waals surface area contributed by atoms with Crippen LogP contribution in [0.15, 0.2) is 53.1 Å². The standard InChI is InChI=1S/C21H24N4O4S/c1-14-10-15(2)12-18(11-14)25(30(4,27)28)16(3)21(26)22-13-19-23-20(24-29-19)17-8-6-5-7-9-17/h5-12,16H,13H2,1-4H3,(H,22,26). The summed E-state index contributed by atoms with van der Waals surface area (Å²) in [4.78, 5) is 17.0. The van der Waals surface area contributed by atoms with Crippen molar-refractivity contribution in [2.75, 3.05) is 10.6 Å². The monoisotopic (exact) mass is 428 g/mol. The van der Waals surface area contributed by atoms with E-state index in [2.05, 4.69) is 15.5 Å². The highest BCUT2D eigenvalue weighted by molar-refractivity contribution is 7.92. The number of carbonyl (C=O) groups excluding carboxylic acids is 1. The summed E-state index contributed by atoms with van der Waals surface area (Å²) in [6, 6.07) is 13.8. The molecule has 0 saturated carbocycles. The number of sulfonamides is 1. The van der Waals surface area contributed by atoms with E-state index in [9.17, 15) is 13.2 Å². The molecule has 0 aliphatic heterocycles. The van der Waals surface area contributed by atoms with Crippen LogP contribution in [-0.4, -0.2) is 36.8 Å². The molecular weight excluding hydrogens is 404 g/mol. The Morgan fingerprint density at radius 3 is 2.37 bits per heavy atom. The normalized spacial score (nSPS) is 12.4. The number of benzene rings is 2. The molecule has 1 aromatic heterocycles.